The molecule has 2 atom stereocenters. The van der Waals surface area contributed by atoms with Crippen molar-refractivity contribution in [3.8, 4) is 0 Å². The van der Waals surface area contributed by atoms with Gasteiger partial charge in [0.25, 0.3) is 5.91 Å². The normalized spacial score (nSPS) is 20.7. The Bertz CT molecular complexity index is 758. The van der Waals surface area contributed by atoms with Crippen LogP contribution in [0.2, 0.25) is 0 Å². The molecule has 1 saturated heterocycles. The summed E-state index contributed by atoms with van der Waals surface area (Å²) in [7, 11) is 0. The first-order chi connectivity index (χ1) is 11.0. The van der Waals surface area contributed by atoms with Crippen LogP contribution in [0.25, 0.3) is 0 Å². The first-order valence-electron chi connectivity index (χ1n) is 7.35. The van der Waals surface area contributed by atoms with Crippen LogP contribution >= 0.6 is 11.3 Å². The van der Waals surface area contributed by atoms with E-state index < -0.39 is 5.97 Å². The third kappa shape index (κ3) is 3.12. The van der Waals surface area contributed by atoms with Crippen molar-refractivity contribution < 1.29 is 19.1 Å². The lowest BCUT2D eigenvalue weighted by Crippen LogP contribution is -2.30. The van der Waals surface area contributed by atoms with Crippen LogP contribution in [0.1, 0.15) is 44.3 Å². The quantitative estimate of drug-likeness (QED) is 0.929. The number of hydrogen-bond donors (Lipinski definition) is 1. The van der Waals surface area contributed by atoms with Crippen LogP contribution < -0.4 is 0 Å². The number of thiophene rings is 1. The lowest BCUT2D eigenvalue weighted by atomic mass is 10.0. The number of benzene rings is 1. The third-order valence-corrected chi connectivity index (χ3v) is 5.09. The molecule has 4 nitrogen and oxygen atoms in total. The number of carbonyl (C=O) groups is 2. The molecule has 120 valence electrons. The van der Waals surface area contributed by atoms with E-state index in [1.165, 1.54) is 18.2 Å². The summed E-state index contributed by atoms with van der Waals surface area (Å²) in [5.41, 5.74) is 0.776. The Labute approximate surface area is 137 Å². The molecule has 3 rings (SSSR count). The first-order valence-corrected chi connectivity index (χ1v) is 8.17. The van der Waals surface area contributed by atoms with E-state index in [4.69, 9.17) is 5.11 Å². The zero-order chi connectivity index (χ0) is 16.6. The molecule has 1 fully saturated rings. The molecule has 1 aliphatic rings. The van der Waals surface area contributed by atoms with E-state index in [0.717, 1.165) is 23.3 Å². The average Bonchev–Trinajstić information content (AvgIpc) is 3.13. The monoisotopic (exact) mass is 333 g/mol. The molecule has 2 heterocycles. The average molecular weight is 333 g/mol. The Balaban J connectivity index is 1.89. The van der Waals surface area contributed by atoms with Crippen LogP contribution in [0.3, 0.4) is 0 Å². The zero-order valence-corrected chi connectivity index (χ0v) is 13.3. The molecule has 0 radical (unpaired) electrons. The van der Waals surface area contributed by atoms with Crippen molar-refractivity contribution in [2.24, 2.45) is 5.92 Å². The van der Waals surface area contributed by atoms with Crippen LogP contribution in [0.5, 0.6) is 0 Å². The summed E-state index contributed by atoms with van der Waals surface area (Å²) in [6, 6.07) is 9.11. The van der Waals surface area contributed by atoms with Gasteiger partial charge in [0.15, 0.2) is 0 Å². The molecule has 6 heteroatoms. The molecule has 1 amide bonds. The first kappa shape index (κ1) is 15.7. The Hall–Kier alpha value is -2.21. The molecular weight excluding hydrogens is 317 g/mol. The van der Waals surface area contributed by atoms with Crippen molar-refractivity contribution in [2.45, 2.75) is 19.4 Å². The second-order valence-corrected chi connectivity index (χ2v) is 6.92. The van der Waals surface area contributed by atoms with Crippen molar-refractivity contribution in [1.29, 1.82) is 0 Å². The minimum Gasteiger partial charge on any atom is -0.477 e. The van der Waals surface area contributed by atoms with Crippen LogP contribution in [0.15, 0.2) is 36.4 Å². The summed E-state index contributed by atoms with van der Waals surface area (Å²) < 4.78 is 13.5. The highest BCUT2D eigenvalue weighted by Gasteiger charge is 2.35. The van der Waals surface area contributed by atoms with Gasteiger partial charge in [-0.1, -0.05) is 19.1 Å². The van der Waals surface area contributed by atoms with Crippen LogP contribution in [0.4, 0.5) is 4.39 Å². The van der Waals surface area contributed by atoms with Gasteiger partial charge in [-0.25, -0.2) is 9.18 Å². The number of hydrogen-bond acceptors (Lipinski definition) is 3. The molecule has 2 unspecified atom stereocenters. The minimum atomic E-state index is -1.04. The predicted octanol–water partition coefficient (Wildman–Crippen LogP) is 3.81. The fourth-order valence-corrected chi connectivity index (χ4v) is 3.81. The number of rotatable bonds is 3. The van der Waals surface area contributed by atoms with Crippen molar-refractivity contribution in [3.05, 3.63) is 57.5 Å². The van der Waals surface area contributed by atoms with Gasteiger partial charge in [-0.3, -0.25) is 4.79 Å². The van der Waals surface area contributed by atoms with Crippen molar-refractivity contribution in [1.82, 2.24) is 4.90 Å². The molecule has 1 N–H and O–H groups in total. The maximum absolute atomic E-state index is 13.5. The maximum atomic E-state index is 13.5. The lowest BCUT2D eigenvalue weighted by Gasteiger charge is -2.24. The number of likely N-dealkylation sites (tertiary alicyclic amines) is 1. The number of carboxylic acid groups (broad SMARTS) is 1. The molecule has 0 bridgehead atoms. The minimum absolute atomic E-state index is 0.142. The molecular formula is C17H16FNO3S. The largest absolute Gasteiger partial charge is 0.477 e. The highest BCUT2D eigenvalue weighted by Crippen LogP contribution is 2.37. The molecule has 2 aromatic rings. The van der Waals surface area contributed by atoms with Gasteiger partial charge in [0.05, 0.1) is 10.9 Å². The van der Waals surface area contributed by atoms with E-state index in [-0.39, 0.29) is 22.6 Å². The Morgan fingerprint density at radius 1 is 1.26 bits per heavy atom. The highest BCUT2D eigenvalue weighted by atomic mass is 32.1. The topological polar surface area (TPSA) is 57.6 Å². The summed E-state index contributed by atoms with van der Waals surface area (Å²) in [5, 5.41) is 8.99. The van der Waals surface area contributed by atoms with Gasteiger partial charge in [-0.15, -0.1) is 11.3 Å². The fraction of sp³-hybridized carbons (Fsp3) is 0.294. The Kier molecular flexibility index (Phi) is 4.17. The predicted molar refractivity (Wildman–Crippen MR) is 85.2 cm³/mol. The molecule has 0 saturated carbocycles. The maximum Gasteiger partial charge on any atom is 0.345 e. The lowest BCUT2D eigenvalue weighted by molar-refractivity contribution is 0.0700. The zero-order valence-electron chi connectivity index (χ0n) is 12.5. The molecule has 0 aliphatic carbocycles. The van der Waals surface area contributed by atoms with E-state index in [9.17, 15) is 14.0 Å². The van der Waals surface area contributed by atoms with Gasteiger partial charge in [0.1, 0.15) is 10.7 Å². The number of carboxylic acids is 1. The Morgan fingerprint density at radius 2 is 2.00 bits per heavy atom. The SMILES string of the molecule is CC1CC(c2cccc(F)c2)N(C(=O)c2ccc(C(=O)O)s2)C1. The smallest absolute Gasteiger partial charge is 0.345 e. The summed E-state index contributed by atoms with van der Waals surface area (Å²) in [6.07, 6.45) is 0.770. The number of nitrogens with zero attached hydrogens (tertiary/aromatic N) is 1. The van der Waals surface area contributed by atoms with Crippen LogP contribution in [-0.2, 0) is 0 Å². The van der Waals surface area contributed by atoms with Crippen molar-refractivity contribution in [2.75, 3.05) is 6.54 Å². The van der Waals surface area contributed by atoms with Gasteiger partial charge in [0, 0.05) is 6.54 Å². The summed E-state index contributed by atoms with van der Waals surface area (Å²) in [5.74, 6) is -1.24. The second kappa shape index (κ2) is 6.12. The van der Waals surface area contributed by atoms with Crippen molar-refractivity contribution >= 4 is 23.2 Å². The van der Waals surface area contributed by atoms with Crippen molar-refractivity contribution in [3.63, 3.8) is 0 Å². The molecule has 0 spiro atoms. The van der Waals surface area contributed by atoms with E-state index >= 15 is 0 Å². The standard InChI is InChI=1S/C17H16FNO3S/c1-10-7-13(11-3-2-4-12(18)8-11)19(9-10)16(20)14-5-6-15(23-14)17(21)22/h2-6,8,10,13H,7,9H2,1H3,(H,21,22). The third-order valence-electron chi connectivity index (χ3n) is 4.03. The summed E-state index contributed by atoms with van der Waals surface area (Å²) in [4.78, 5) is 26.0. The second-order valence-electron chi connectivity index (χ2n) is 5.84. The van der Waals surface area contributed by atoms with Gasteiger partial charge in [-0.05, 0) is 42.2 Å². The van der Waals surface area contributed by atoms with Crippen LogP contribution in [-0.4, -0.2) is 28.4 Å². The molecule has 1 aromatic carbocycles. The number of amides is 1. The van der Waals surface area contributed by atoms with Gasteiger partial charge in [-0.2, -0.15) is 0 Å². The van der Waals surface area contributed by atoms with Gasteiger partial charge < -0.3 is 10.0 Å². The van der Waals surface area contributed by atoms with Gasteiger partial charge >= 0.3 is 5.97 Å². The Morgan fingerprint density at radius 3 is 2.65 bits per heavy atom. The molecule has 1 aromatic heterocycles. The van der Waals surface area contributed by atoms with E-state index in [1.807, 2.05) is 6.07 Å². The molecule has 23 heavy (non-hydrogen) atoms. The van der Waals surface area contributed by atoms with Gasteiger partial charge in [0.2, 0.25) is 0 Å². The van der Waals surface area contributed by atoms with E-state index in [0.29, 0.717) is 17.3 Å². The number of aromatic carboxylic acids is 1. The van der Waals surface area contributed by atoms with Crippen LogP contribution in [0, 0.1) is 11.7 Å². The highest BCUT2D eigenvalue weighted by molar-refractivity contribution is 7.15. The van der Waals surface area contributed by atoms with E-state index in [2.05, 4.69) is 6.92 Å². The number of halogens is 1. The van der Waals surface area contributed by atoms with E-state index in [1.54, 1.807) is 17.0 Å². The summed E-state index contributed by atoms with van der Waals surface area (Å²) in [6.45, 7) is 2.64. The summed E-state index contributed by atoms with van der Waals surface area (Å²) >= 11 is 0.973. The molecule has 1 aliphatic heterocycles. The fourth-order valence-electron chi connectivity index (χ4n) is 3.01. The number of carbonyl (C=O) groups excluding carboxylic acids is 1.